The van der Waals surface area contributed by atoms with Crippen molar-refractivity contribution < 1.29 is 4.79 Å². The van der Waals surface area contributed by atoms with Crippen LogP contribution in [0.4, 0.5) is 5.82 Å². The van der Waals surface area contributed by atoms with Gasteiger partial charge in [0.1, 0.15) is 5.82 Å². The molecule has 1 aromatic heterocycles. The van der Waals surface area contributed by atoms with E-state index in [1.54, 1.807) is 12.1 Å². The Kier molecular flexibility index (Phi) is 4.09. The number of hydrogen-bond donors (Lipinski definition) is 2. The number of nitrogens with zero attached hydrogens (tertiary/aromatic N) is 3. The molecule has 1 amide bonds. The molecular weight excluding hydrogens is 230 g/mol. The SMILES string of the molecule is CN(C)CCNc1ccc(C(=O)NC2CC2)nn1. The molecule has 1 aliphatic rings. The summed E-state index contributed by atoms with van der Waals surface area (Å²) in [5.74, 6) is 0.560. The van der Waals surface area contributed by atoms with Crippen molar-refractivity contribution in [3.63, 3.8) is 0 Å². The van der Waals surface area contributed by atoms with Crippen LogP contribution in [0.1, 0.15) is 23.3 Å². The Bertz CT molecular complexity index is 399. The summed E-state index contributed by atoms with van der Waals surface area (Å²) >= 11 is 0. The average molecular weight is 249 g/mol. The summed E-state index contributed by atoms with van der Waals surface area (Å²) in [4.78, 5) is 13.8. The Labute approximate surface area is 107 Å². The van der Waals surface area contributed by atoms with E-state index in [1.807, 2.05) is 14.1 Å². The number of likely N-dealkylation sites (N-methyl/N-ethyl adjacent to an activating group) is 1. The molecule has 18 heavy (non-hydrogen) atoms. The van der Waals surface area contributed by atoms with Gasteiger partial charge in [0.2, 0.25) is 0 Å². The van der Waals surface area contributed by atoms with Crippen LogP contribution >= 0.6 is 0 Å². The fourth-order valence-corrected chi connectivity index (χ4v) is 1.44. The predicted octanol–water partition coefficient (Wildman–Crippen LogP) is 0.342. The fourth-order valence-electron chi connectivity index (χ4n) is 1.44. The molecule has 98 valence electrons. The normalized spacial score (nSPS) is 14.6. The van der Waals surface area contributed by atoms with E-state index in [4.69, 9.17) is 0 Å². The molecular formula is C12H19N5O. The topological polar surface area (TPSA) is 70.2 Å². The molecule has 0 bridgehead atoms. The number of hydrogen-bond acceptors (Lipinski definition) is 5. The number of carbonyl (C=O) groups is 1. The minimum absolute atomic E-state index is 0.134. The van der Waals surface area contributed by atoms with Gasteiger partial charge in [0.05, 0.1) is 0 Å². The summed E-state index contributed by atoms with van der Waals surface area (Å²) in [5.41, 5.74) is 0.375. The second kappa shape index (κ2) is 5.77. The van der Waals surface area contributed by atoms with Gasteiger partial charge in [-0.05, 0) is 39.1 Å². The van der Waals surface area contributed by atoms with Crippen molar-refractivity contribution in [3.05, 3.63) is 17.8 Å². The molecule has 2 rings (SSSR count). The van der Waals surface area contributed by atoms with Crippen molar-refractivity contribution in [2.24, 2.45) is 0 Å². The first kappa shape index (κ1) is 12.8. The van der Waals surface area contributed by atoms with Crippen LogP contribution in [0.25, 0.3) is 0 Å². The van der Waals surface area contributed by atoms with E-state index in [0.29, 0.717) is 17.6 Å². The second-order valence-corrected chi connectivity index (χ2v) is 4.78. The molecule has 6 heteroatoms. The molecule has 0 aliphatic heterocycles. The highest BCUT2D eigenvalue weighted by atomic mass is 16.2. The van der Waals surface area contributed by atoms with Gasteiger partial charge in [0.15, 0.2) is 5.69 Å². The van der Waals surface area contributed by atoms with Crippen molar-refractivity contribution in [2.75, 3.05) is 32.5 Å². The van der Waals surface area contributed by atoms with Crippen LogP contribution in [0, 0.1) is 0 Å². The molecule has 1 aliphatic carbocycles. The van der Waals surface area contributed by atoms with Crippen LogP contribution < -0.4 is 10.6 Å². The molecule has 6 nitrogen and oxygen atoms in total. The van der Waals surface area contributed by atoms with Gasteiger partial charge in [0.25, 0.3) is 5.91 Å². The Balaban J connectivity index is 1.82. The third kappa shape index (κ3) is 3.96. The monoisotopic (exact) mass is 249 g/mol. The zero-order valence-electron chi connectivity index (χ0n) is 10.8. The Morgan fingerprint density at radius 1 is 1.39 bits per heavy atom. The Morgan fingerprint density at radius 2 is 2.17 bits per heavy atom. The lowest BCUT2D eigenvalue weighted by Gasteiger charge is -2.10. The average Bonchev–Trinajstić information content (AvgIpc) is 3.13. The van der Waals surface area contributed by atoms with Crippen molar-refractivity contribution in [1.82, 2.24) is 20.4 Å². The molecule has 0 radical (unpaired) electrons. The van der Waals surface area contributed by atoms with E-state index >= 15 is 0 Å². The molecule has 0 saturated heterocycles. The number of aromatic nitrogens is 2. The molecule has 2 N–H and O–H groups in total. The van der Waals surface area contributed by atoms with Crippen molar-refractivity contribution in [3.8, 4) is 0 Å². The second-order valence-electron chi connectivity index (χ2n) is 4.78. The van der Waals surface area contributed by atoms with Crippen LogP contribution in [0.15, 0.2) is 12.1 Å². The van der Waals surface area contributed by atoms with Gasteiger partial charge in [-0.2, -0.15) is 0 Å². The zero-order valence-corrected chi connectivity index (χ0v) is 10.8. The number of anilines is 1. The molecule has 0 spiro atoms. The van der Waals surface area contributed by atoms with E-state index in [9.17, 15) is 4.79 Å². The first-order valence-electron chi connectivity index (χ1n) is 6.18. The van der Waals surface area contributed by atoms with Crippen LogP contribution in [0.2, 0.25) is 0 Å². The minimum atomic E-state index is -0.134. The Hall–Kier alpha value is -1.69. The lowest BCUT2D eigenvalue weighted by molar-refractivity contribution is 0.0945. The van der Waals surface area contributed by atoms with Crippen LogP contribution in [0.3, 0.4) is 0 Å². The molecule has 0 aromatic carbocycles. The number of rotatable bonds is 6. The lowest BCUT2D eigenvalue weighted by Crippen LogP contribution is -2.26. The number of nitrogens with one attached hydrogen (secondary N) is 2. The largest absolute Gasteiger partial charge is 0.367 e. The minimum Gasteiger partial charge on any atom is -0.367 e. The number of carbonyl (C=O) groups excluding carboxylic acids is 1. The smallest absolute Gasteiger partial charge is 0.272 e. The third-order valence-corrected chi connectivity index (χ3v) is 2.67. The molecule has 1 aromatic rings. The van der Waals surface area contributed by atoms with Crippen LogP contribution in [0.5, 0.6) is 0 Å². The van der Waals surface area contributed by atoms with E-state index < -0.39 is 0 Å². The summed E-state index contributed by atoms with van der Waals surface area (Å²) in [7, 11) is 4.03. The lowest BCUT2D eigenvalue weighted by atomic mass is 10.3. The van der Waals surface area contributed by atoms with Crippen LogP contribution in [-0.4, -0.2) is 54.2 Å². The maximum Gasteiger partial charge on any atom is 0.272 e. The predicted molar refractivity (Wildman–Crippen MR) is 69.6 cm³/mol. The highest BCUT2D eigenvalue weighted by Gasteiger charge is 2.24. The summed E-state index contributed by atoms with van der Waals surface area (Å²) in [5, 5.41) is 13.9. The zero-order chi connectivity index (χ0) is 13.0. The first-order valence-corrected chi connectivity index (χ1v) is 6.18. The summed E-state index contributed by atoms with van der Waals surface area (Å²) < 4.78 is 0. The van der Waals surface area contributed by atoms with E-state index in [2.05, 4.69) is 25.7 Å². The highest BCUT2D eigenvalue weighted by molar-refractivity contribution is 5.92. The van der Waals surface area contributed by atoms with Gasteiger partial charge in [-0.15, -0.1) is 10.2 Å². The molecule has 0 unspecified atom stereocenters. The van der Waals surface area contributed by atoms with Gasteiger partial charge in [-0.3, -0.25) is 4.79 Å². The van der Waals surface area contributed by atoms with Gasteiger partial charge in [-0.1, -0.05) is 0 Å². The summed E-state index contributed by atoms with van der Waals surface area (Å²) in [6.07, 6.45) is 2.15. The molecule has 1 heterocycles. The van der Waals surface area contributed by atoms with Crippen LogP contribution in [-0.2, 0) is 0 Å². The quantitative estimate of drug-likeness (QED) is 0.761. The van der Waals surface area contributed by atoms with Gasteiger partial charge in [-0.25, -0.2) is 0 Å². The van der Waals surface area contributed by atoms with E-state index in [0.717, 1.165) is 25.9 Å². The fraction of sp³-hybridized carbons (Fsp3) is 0.583. The summed E-state index contributed by atoms with van der Waals surface area (Å²) in [6, 6.07) is 3.82. The maximum atomic E-state index is 11.7. The van der Waals surface area contributed by atoms with Crippen molar-refractivity contribution in [2.45, 2.75) is 18.9 Å². The molecule has 1 fully saturated rings. The standard InChI is InChI=1S/C12H19N5O/c1-17(2)8-7-13-11-6-5-10(15-16-11)12(18)14-9-3-4-9/h5-6,9H,3-4,7-8H2,1-2H3,(H,13,16)(H,14,18). The molecule has 1 saturated carbocycles. The van der Waals surface area contributed by atoms with E-state index in [-0.39, 0.29) is 5.91 Å². The number of amides is 1. The highest BCUT2D eigenvalue weighted by Crippen LogP contribution is 2.19. The van der Waals surface area contributed by atoms with Gasteiger partial charge in [0, 0.05) is 19.1 Å². The third-order valence-electron chi connectivity index (χ3n) is 2.67. The van der Waals surface area contributed by atoms with Crippen molar-refractivity contribution >= 4 is 11.7 Å². The first-order chi connectivity index (χ1) is 8.65. The van der Waals surface area contributed by atoms with Gasteiger partial charge < -0.3 is 15.5 Å². The maximum absolute atomic E-state index is 11.7. The van der Waals surface area contributed by atoms with E-state index in [1.165, 1.54) is 0 Å². The van der Waals surface area contributed by atoms with Gasteiger partial charge >= 0.3 is 0 Å². The van der Waals surface area contributed by atoms with Crippen molar-refractivity contribution in [1.29, 1.82) is 0 Å². The summed E-state index contributed by atoms with van der Waals surface area (Å²) in [6.45, 7) is 1.72. The molecule has 0 atom stereocenters. The Morgan fingerprint density at radius 3 is 2.72 bits per heavy atom.